The fraction of sp³-hybridized carbons (Fsp3) is 0.143. The predicted octanol–water partition coefficient (Wildman–Crippen LogP) is 5.69. The maximum Gasteiger partial charge on any atom is 0.196 e. The summed E-state index contributed by atoms with van der Waals surface area (Å²) in [6.07, 6.45) is 1.69. The lowest BCUT2D eigenvalue weighted by molar-refractivity contribution is 0.535. The maximum atomic E-state index is 5.48. The molecule has 0 saturated heterocycles. The summed E-state index contributed by atoms with van der Waals surface area (Å²) in [6, 6.07) is 22.6. The van der Waals surface area contributed by atoms with Crippen LogP contribution in [0.3, 0.4) is 0 Å². The first-order valence-electron chi connectivity index (χ1n) is 8.51. The second-order valence-corrected chi connectivity index (χ2v) is 7.35. The molecule has 4 nitrogen and oxygen atoms in total. The number of rotatable bonds is 5. The van der Waals surface area contributed by atoms with E-state index in [-0.39, 0.29) is 5.25 Å². The van der Waals surface area contributed by atoms with Gasteiger partial charge in [-0.05, 0) is 37.6 Å². The second-order valence-electron chi connectivity index (χ2n) is 6.04. The minimum Gasteiger partial charge on any atom is -0.469 e. The molecule has 4 aromatic rings. The van der Waals surface area contributed by atoms with Crippen molar-refractivity contribution in [1.82, 2.24) is 14.8 Å². The van der Waals surface area contributed by atoms with Crippen LogP contribution in [0.5, 0.6) is 0 Å². The van der Waals surface area contributed by atoms with Crippen molar-refractivity contribution in [1.29, 1.82) is 0 Å². The molecule has 4 rings (SSSR count). The number of aromatic nitrogens is 3. The van der Waals surface area contributed by atoms with Gasteiger partial charge in [-0.15, -0.1) is 10.2 Å². The van der Waals surface area contributed by atoms with Gasteiger partial charge in [0.05, 0.1) is 11.8 Å². The highest BCUT2D eigenvalue weighted by atomic mass is 32.2. The molecule has 0 aliphatic rings. The lowest BCUT2D eigenvalue weighted by Gasteiger charge is -2.13. The Morgan fingerprint density at radius 1 is 0.923 bits per heavy atom. The average Bonchev–Trinajstić information content (AvgIpc) is 3.29. The predicted molar refractivity (Wildman–Crippen MR) is 105 cm³/mol. The van der Waals surface area contributed by atoms with E-state index in [0.717, 1.165) is 28.0 Å². The van der Waals surface area contributed by atoms with Gasteiger partial charge >= 0.3 is 0 Å². The molecule has 2 aromatic carbocycles. The molecule has 0 aliphatic heterocycles. The van der Waals surface area contributed by atoms with E-state index < -0.39 is 0 Å². The van der Waals surface area contributed by atoms with Crippen LogP contribution in [0.4, 0.5) is 0 Å². The Hall–Kier alpha value is -2.79. The number of hydrogen-bond acceptors (Lipinski definition) is 4. The van der Waals surface area contributed by atoms with Crippen molar-refractivity contribution >= 4 is 11.8 Å². The van der Waals surface area contributed by atoms with Gasteiger partial charge in [0, 0.05) is 10.9 Å². The summed E-state index contributed by atoms with van der Waals surface area (Å²) in [5.74, 6) is 1.63. The van der Waals surface area contributed by atoms with Crippen LogP contribution in [-0.4, -0.2) is 14.8 Å². The zero-order valence-corrected chi connectivity index (χ0v) is 15.5. The molecule has 26 heavy (non-hydrogen) atoms. The molecule has 1 unspecified atom stereocenters. The molecule has 0 aliphatic carbocycles. The summed E-state index contributed by atoms with van der Waals surface area (Å²) in [4.78, 5) is 0. The number of para-hydroxylation sites is 1. The number of nitrogens with zero attached hydrogens (tertiary/aromatic N) is 3. The molecule has 1 atom stereocenters. The van der Waals surface area contributed by atoms with Crippen LogP contribution < -0.4 is 0 Å². The monoisotopic (exact) mass is 361 g/mol. The Bertz CT molecular complexity index is 993. The van der Waals surface area contributed by atoms with E-state index in [0.29, 0.717) is 0 Å². The molecule has 5 heteroatoms. The molecule has 2 aromatic heterocycles. The van der Waals surface area contributed by atoms with Crippen LogP contribution in [0.1, 0.15) is 23.5 Å². The molecule has 0 fully saturated rings. The summed E-state index contributed by atoms with van der Waals surface area (Å²) in [5.41, 5.74) is 3.26. The van der Waals surface area contributed by atoms with E-state index in [4.69, 9.17) is 4.42 Å². The van der Waals surface area contributed by atoms with Crippen LogP contribution in [0.2, 0.25) is 0 Å². The van der Waals surface area contributed by atoms with Crippen molar-refractivity contribution in [3.63, 3.8) is 0 Å². The number of furan rings is 1. The molecule has 0 radical (unpaired) electrons. The van der Waals surface area contributed by atoms with E-state index in [2.05, 4.69) is 58.1 Å². The normalized spacial score (nSPS) is 12.2. The quantitative estimate of drug-likeness (QED) is 0.428. The lowest BCUT2D eigenvalue weighted by Crippen LogP contribution is -2.00. The fourth-order valence-corrected chi connectivity index (χ4v) is 3.89. The topological polar surface area (TPSA) is 43.9 Å². The first-order valence-corrected chi connectivity index (χ1v) is 9.39. The second kappa shape index (κ2) is 7.22. The first-order chi connectivity index (χ1) is 12.7. The van der Waals surface area contributed by atoms with Crippen molar-refractivity contribution < 1.29 is 4.42 Å². The van der Waals surface area contributed by atoms with Gasteiger partial charge in [0.2, 0.25) is 0 Å². The van der Waals surface area contributed by atoms with Crippen molar-refractivity contribution in [2.75, 3.05) is 0 Å². The zero-order valence-electron chi connectivity index (χ0n) is 14.7. The fourth-order valence-electron chi connectivity index (χ4n) is 2.90. The van der Waals surface area contributed by atoms with Crippen molar-refractivity contribution in [2.24, 2.45) is 0 Å². The van der Waals surface area contributed by atoms with Crippen molar-refractivity contribution in [2.45, 2.75) is 24.3 Å². The van der Waals surface area contributed by atoms with Gasteiger partial charge in [-0.2, -0.15) is 0 Å². The summed E-state index contributed by atoms with van der Waals surface area (Å²) in [6.45, 7) is 4.13. The van der Waals surface area contributed by atoms with Gasteiger partial charge in [-0.25, -0.2) is 0 Å². The third kappa shape index (κ3) is 3.18. The van der Waals surface area contributed by atoms with E-state index in [1.54, 1.807) is 18.0 Å². The molecule has 130 valence electrons. The van der Waals surface area contributed by atoms with Gasteiger partial charge in [0.15, 0.2) is 11.0 Å². The van der Waals surface area contributed by atoms with E-state index in [1.165, 1.54) is 5.56 Å². The SMILES string of the molecule is Cc1occc1-c1nnc(SC(C)c2ccccc2)n1-c1ccccc1. The minimum absolute atomic E-state index is 0.265. The van der Waals surface area contributed by atoms with E-state index >= 15 is 0 Å². The first kappa shape index (κ1) is 16.7. The standard InChI is InChI=1S/C21H19N3OS/c1-15-19(13-14-25-15)20-22-23-21(24(20)18-11-7-4-8-12-18)26-16(2)17-9-5-3-6-10-17/h3-14,16H,1-2H3. The van der Waals surface area contributed by atoms with Crippen molar-refractivity contribution in [3.05, 3.63) is 84.3 Å². The van der Waals surface area contributed by atoms with Gasteiger partial charge in [-0.3, -0.25) is 4.57 Å². The van der Waals surface area contributed by atoms with Crippen LogP contribution in [-0.2, 0) is 0 Å². The Morgan fingerprint density at radius 2 is 1.62 bits per heavy atom. The number of aryl methyl sites for hydroxylation is 1. The maximum absolute atomic E-state index is 5.48. The molecule has 0 spiro atoms. The summed E-state index contributed by atoms with van der Waals surface area (Å²) < 4.78 is 7.58. The van der Waals surface area contributed by atoms with Gasteiger partial charge < -0.3 is 4.42 Å². The van der Waals surface area contributed by atoms with Crippen LogP contribution in [0, 0.1) is 6.92 Å². The minimum atomic E-state index is 0.265. The highest BCUT2D eigenvalue weighted by Crippen LogP contribution is 2.37. The molecule has 0 amide bonds. The van der Waals surface area contributed by atoms with Crippen molar-refractivity contribution in [3.8, 4) is 17.1 Å². The molecule has 0 bridgehead atoms. The Labute approximate surface area is 156 Å². The molecular weight excluding hydrogens is 342 g/mol. The molecule has 2 heterocycles. The highest BCUT2D eigenvalue weighted by Gasteiger charge is 2.20. The Balaban J connectivity index is 1.78. The summed E-state index contributed by atoms with van der Waals surface area (Å²) >= 11 is 1.70. The summed E-state index contributed by atoms with van der Waals surface area (Å²) in [7, 11) is 0. The molecule has 0 saturated carbocycles. The Morgan fingerprint density at radius 3 is 2.27 bits per heavy atom. The largest absolute Gasteiger partial charge is 0.469 e. The van der Waals surface area contributed by atoms with Gasteiger partial charge in [0.1, 0.15) is 5.76 Å². The van der Waals surface area contributed by atoms with Gasteiger partial charge in [0.25, 0.3) is 0 Å². The van der Waals surface area contributed by atoms with Crippen LogP contribution in [0.25, 0.3) is 17.1 Å². The third-order valence-electron chi connectivity index (χ3n) is 4.30. The number of benzene rings is 2. The van der Waals surface area contributed by atoms with Gasteiger partial charge in [-0.1, -0.05) is 60.3 Å². The highest BCUT2D eigenvalue weighted by molar-refractivity contribution is 7.99. The summed E-state index contributed by atoms with van der Waals surface area (Å²) in [5, 5.41) is 10.1. The zero-order chi connectivity index (χ0) is 17.9. The average molecular weight is 361 g/mol. The van der Waals surface area contributed by atoms with E-state index in [1.807, 2.05) is 37.3 Å². The van der Waals surface area contributed by atoms with Crippen LogP contribution >= 0.6 is 11.8 Å². The Kier molecular flexibility index (Phi) is 4.63. The number of thioether (sulfide) groups is 1. The number of hydrogen-bond donors (Lipinski definition) is 0. The third-order valence-corrected chi connectivity index (χ3v) is 5.40. The molecular formula is C21H19N3OS. The smallest absolute Gasteiger partial charge is 0.196 e. The van der Waals surface area contributed by atoms with Crippen LogP contribution in [0.15, 0.2) is 82.6 Å². The molecule has 0 N–H and O–H groups in total. The van der Waals surface area contributed by atoms with E-state index in [9.17, 15) is 0 Å². The lowest BCUT2D eigenvalue weighted by atomic mass is 10.2.